The van der Waals surface area contributed by atoms with Crippen LogP contribution in [0.5, 0.6) is 5.75 Å². The number of carbonyl (C=O) groups excluding carboxylic acids is 1. The predicted octanol–water partition coefficient (Wildman–Crippen LogP) is 7.21. The summed E-state index contributed by atoms with van der Waals surface area (Å²) in [7, 11) is 3.46. The molecule has 0 aliphatic rings. The number of aromatic amines is 1. The van der Waals surface area contributed by atoms with E-state index >= 15 is 0 Å². The highest BCUT2D eigenvalue weighted by Gasteiger charge is 2.16. The number of hydrogen-bond acceptors (Lipinski definition) is 3. The second-order valence-electron chi connectivity index (χ2n) is 9.43. The van der Waals surface area contributed by atoms with E-state index in [9.17, 15) is 13.6 Å². The SMILES string of the molecule is CN(C)C(=O)/C=C/CCCCOc1ccc(/C(=C(/CCF)c2ccccc2)c2ccc3n[nH]c(F)c3c2)cc1. The summed E-state index contributed by atoms with van der Waals surface area (Å²) in [6.07, 6.45) is 6.29. The number of amides is 1. The highest BCUT2D eigenvalue weighted by molar-refractivity contribution is 6.00. The first-order valence-electron chi connectivity index (χ1n) is 13.1. The van der Waals surface area contributed by atoms with Crippen molar-refractivity contribution in [2.45, 2.75) is 25.7 Å². The summed E-state index contributed by atoms with van der Waals surface area (Å²) in [4.78, 5) is 13.1. The third-order valence-electron chi connectivity index (χ3n) is 6.44. The van der Waals surface area contributed by atoms with Crippen LogP contribution in [0.2, 0.25) is 0 Å². The molecule has 39 heavy (non-hydrogen) atoms. The van der Waals surface area contributed by atoms with Crippen LogP contribution in [0.1, 0.15) is 42.4 Å². The zero-order valence-corrected chi connectivity index (χ0v) is 22.3. The Morgan fingerprint density at radius 2 is 1.72 bits per heavy atom. The van der Waals surface area contributed by atoms with E-state index in [0.29, 0.717) is 17.5 Å². The molecule has 0 aliphatic carbocycles. The Morgan fingerprint density at radius 3 is 2.44 bits per heavy atom. The van der Waals surface area contributed by atoms with Crippen LogP contribution in [0.4, 0.5) is 8.78 Å². The zero-order valence-electron chi connectivity index (χ0n) is 22.3. The van der Waals surface area contributed by atoms with Gasteiger partial charge in [0.25, 0.3) is 0 Å². The number of fused-ring (bicyclic) bond motifs is 1. The van der Waals surface area contributed by atoms with E-state index in [1.54, 1.807) is 37.2 Å². The molecule has 202 valence electrons. The van der Waals surface area contributed by atoms with Crippen molar-refractivity contribution >= 4 is 28.0 Å². The first-order chi connectivity index (χ1) is 19.0. The Balaban J connectivity index is 1.55. The highest BCUT2D eigenvalue weighted by Crippen LogP contribution is 2.36. The number of nitrogens with zero attached hydrogens (tertiary/aromatic N) is 2. The van der Waals surface area contributed by atoms with Gasteiger partial charge in [-0.15, -0.1) is 0 Å². The minimum Gasteiger partial charge on any atom is -0.494 e. The zero-order chi connectivity index (χ0) is 27.6. The standard InChI is InChI=1S/C32H33F2N3O2/c1-37(2)30(38)12-8-3-4-9-21-39-26-16-13-24(14-17-26)31(27(19-20-33)23-10-6-5-7-11-23)25-15-18-29-28(22-25)32(34)36-35-29/h5-8,10-18,22H,3-4,9,19-21H2,1-2H3,(H,35,36)/b12-8+,31-27+. The predicted molar refractivity (Wildman–Crippen MR) is 153 cm³/mol. The molecule has 0 fully saturated rings. The fourth-order valence-corrected chi connectivity index (χ4v) is 4.40. The van der Waals surface area contributed by atoms with Crippen LogP contribution in [0.15, 0.2) is 84.9 Å². The molecule has 1 N–H and O–H groups in total. The van der Waals surface area contributed by atoms with Crippen LogP contribution in [0.3, 0.4) is 0 Å². The molecule has 4 aromatic rings. The highest BCUT2D eigenvalue weighted by atomic mass is 19.1. The molecule has 1 amide bonds. The van der Waals surface area contributed by atoms with Gasteiger partial charge in [-0.25, -0.2) is 0 Å². The molecule has 4 rings (SSSR count). The number of hydrogen-bond donors (Lipinski definition) is 1. The monoisotopic (exact) mass is 529 g/mol. The lowest BCUT2D eigenvalue weighted by atomic mass is 9.87. The fraction of sp³-hybridized carbons (Fsp3) is 0.250. The summed E-state index contributed by atoms with van der Waals surface area (Å²) in [6, 6.07) is 22.8. The molecule has 7 heteroatoms. The minimum atomic E-state index is -0.518. The first kappa shape index (κ1) is 27.8. The summed E-state index contributed by atoms with van der Waals surface area (Å²) in [5.41, 5.74) is 4.80. The number of unbranched alkanes of at least 4 members (excludes halogenated alkanes) is 2. The molecular weight excluding hydrogens is 496 g/mol. The van der Waals surface area contributed by atoms with E-state index in [4.69, 9.17) is 4.74 Å². The second-order valence-corrected chi connectivity index (χ2v) is 9.43. The number of carbonyl (C=O) groups is 1. The normalized spacial score (nSPS) is 12.1. The Hall–Kier alpha value is -4.26. The second kappa shape index (κ2) is 13.5. The lowest BCUT2D eigenvalue weighted by Crippen LogP contribution is -2.18. The Kier molecular flexibility index (Phi) is 9.62. The molecule has 0 unspecified atom stereocenters. The molecule has 0 spiro atoms. The van der Waals surface area contributed by atoms with Gasteiger partial charge < -0.3 is 9.64 Å². The number of H-pyrrole nitrogens is 1. The third-order valence-corrected chi connectivity index (χ3v) is 6.44. The van der Waals surface area contributed by atoms with Gasteiger partial charge in [-0.2, -0.15) is 9.49 Å². The van der Waals surface area contributed by atoms with Crippen molar-refractivity contribution in [2.24, 2.45) is 0 Å². The van der Waals surface area contributed by atoms with E-state index in [0.717, 1.165) is 52.8 Å². The van der Waals surface area contributed by atoms with E-state index < -0.39 is 12.6 Å². The smallest absolute Gasteiger partial charge is 0.245 e. The lowest BCUT2D eigenvalue weighted by Gasteiger charge is -2.17. The largest absolute Gasteiger partial charge is 0.494 e. The molecule has 1 aromatic heterocycles. The Labute approximate surface area is 227 Å². The molecule has 5 nitrogen and oxygen atoms in total. The number of alkyl halides is 1. The van der Waals surface area contributed by atoms with Crippen molar-refractivity contribution in [3.63, 3.8) is 0 Å². The number of rotatable bonds is 12. The molecule has 0 aliphatic heterocycles. The number of halogens is 2. The van der Waals surface area contributed by atoms with Crippen molar-refractivity contribution < 1.29 is 18.3 Å². The summed E-state index contributed by atoms with van der Waals surface area (Å²) < 4.78 is 34.1. The summed E-state index contributed by atoms with van der Waals surface area (Å²) in [5.74, 6) is 0.220. The number of benzene rings is 3. The summed E-state index contributed by atoms with van der Waals surface area (Å²) >= 11 is 0. The van der Waals surface area contributed by atoms with Crippen molar-refractivity contribution in [1.29, 1.82) is 0 Å². The molecule has 0 radical (unpaired) electrons. The van der Waals surface area contributed by atoms with Gasteiger partial charge >= 0.3 is 0 Å². The summed E-state index contributed by atoms with van der Waals surface area (Å²) in [5, 5.41) is 6.77. The average Bonchev–Trinajstić information content (AvgIpc) is 3.33. The van der Waals surface area contributed by atoms with Gasteiger partial charge in [0, 0.05) is 20.5 Å². The van der Waals surface area contributed by atoms with E-state index in [1.807, 2.05) is 66.7 Å². The van der Waals surface area contributed by atoms with E-state index in [-0.39, 0.29) is 12.3 Å². The van der Waals surface area contributed by atoms with E-state index in [2.05, 4.69) is 10.2 Å². The Morgan fingerprint density at radius 1 is 0.974 bits per heavy atom. The molecule has 0 saturated carbocycles. The third kappa shape index (κ3) is 7.19. The van der Waals surface area contributed by atoms with Crippen molar-refractivity contribution in [3.05, 3.63) is 108 Å². The van der Waals surface area contributed by atoms with E-state index in [1.165, 1.54) is 0 Å². The maximum absolute atomic E-state index is 14.4. The van der Waals surface area contributed by atoms with Crippen LogP contribution >= 0.6 is 0 Å². The number of nitrogens with one attached hydrogen (secondary N) is 1. The van der Waals surface area contributed by atoms with Crippen LogP contribution in [0.25, 0.3) is 22.0 Å². The first-order valence-corrected chi connectivity index (χ1v) is 13.1. The van der Waals surface area contributed by atoms with Gasteiger partial charge in [0.1, 0.15) is 5.75 Å². The molecule has 0 atom stereocenters. The maximum atomic E-state index is 14.4. The maximum Gasteiger partial charge on any atom is 0.245 e. The molecule has 0 saturated heterocycles. The fourth-order valence-electron chi connectivity index (χ4n) is 4.40. The van der Waals surface area contributed by atoms with Crippen molar-refractivity contribution in [3.8, 4) is 5.75 Å². The Bertz CT molecular complexity index is 1440. The lowest BCUT2D eigenvalue weighted by molar-refractivity contribution is -0.123. The van der Waals surface area contributed by atoms with Gasteiger partial charge in [-0.05, 0) is 77.4 Å². The average molecular weight is 530 g/mol. The molecule has 1 heterocycles. The van der Waals surface area contributed by atoms with Crippen LogP contribution in [0, 0.1) is 5.95 Å². The minimum absolute atomic E-state index is 0.0171. The van der Waals surface area contributed by atoms with Crippen LogP contribution < -0.4 is 4.74 Å². The number of likely N-dealkylation sites (N-methyl/N-ethyl adjacent to an activating group) is 1. The number of aromatic nitrogens is 2. The van der Waals surface area contributed by atoms with Gasteiger partial charge in [0.2, 0.25) is 11.9 Å². The van der Waals surface area contributed by atoms with Gasteiger partial charge in [-0.3, -0.25) is 14.3 Å². The van der Waals surface area contributed by atoms with Gasteiger partial charge in [0.15, 0.2) is 0 Å². The molecule has 3 aromatic carbocycles. The van der Waals surface area contributed by atoms with Crippen molar-refractivity contribution in [1.82, 2.24) is 15.1 Å². The molecule has 0 bridgehead atoms. The summed E-state index contributed by atoms with van der Waals surface area (Å²) in [6.45, 7) is 0.0425. The number of ether oxygens (including phenoxy) is 1. The van der Waals surface area contributed by atoms with Gasteiger partial charge in [-0.1, -0.05) is 54.6 Å². The van der Waals surface area contributed by atoms with Crippen molar-refractivity contribution in [2.75, 3.05) is 27.4 Å². The van der Waals surface area contributed by atoms with Gasteiger partial charge in [0.05, 0.1) is 24.2 Å². The number of allylic oxidation sites excluding steroid dienone is 2. The van der Waals surface area contributed by atoms with Crippen LogP contribution in [-0.2, 0) is 4.79 Å². The quantitative estimate of drug-likeness (QED) is 0.120. The molecular formula is C32H33F2N3O2. The topological polar surface area (TPSA) is 58.2 Å². The van der Waals surface area contributed by atoms with Crippen LogP contribution in [-0.4, -0.2) is 48.4 Å².